The fraction of sp³-hybridized carbons (Fsp3) is 0.235. The summed E-state index contributed by atoms with van der Waals surface area (Å²) in [6.07, 6.45) is -0.478. The van der Waals surface area contributed by atoms with Crippen molar-refractivity contribution >= 4 is 21.7 Å². The van der Waals surface area contributed by atoms with Crippen LogP contribution in [0.4, 0.5) is 0 Å². The Labute approximate surface area is 133 Å². The van der Waals surface area contributed by atoms with Gasteiger partial charge in [0, 0.05) is 10.0 Å². The molecular weight excluding hydrogens is 332 g/mol. The number of carbonyl (C=O) groups excluding carboxylic acids is 1. The minimum atomic E-state index is -0.478. The molecule has 0 saturated heterocycles. The van der Waals surface area contributed by atoms with Crippen molar-refractivity contribution in [2.75, 3.05) is 7.11 Å². The number of rotatable bonds is 6. The van der Waals surface area contributed by atoms with E-state index < -0.39 is 6.10 Å². The third kappa shape index (κ3) is 4.41. The maximum Gasteiger partial charge on any atom is 0.191 e. The molecule has 1 atom stereocenters. The number of hydrogen-bond donors (Lipinski definition) is 0. The van der Waals surface area contributed by atoms with E-state index in [9.17, 15) is 4.79 Å². The average Bonchev–Trinajstić information content (AvgIpc) is 2.53. The molecule has 0 radical (unpaired) electrons. The molecule has 0 N–H and O–H groups in total. The molecule has 2 rings (SSSR count). The number of benzene rings is 2. The first-order chi connectivity index (χ1) is 10.1. The predicted molar refractivity (Wildman–Crippen MR) is 85.7 cm³/mol. The second kappa shape index (κ2) is 7.38. The van der Waals surface area contributed by atoms with E-state index in [2.05, 4.69) is 15.9 Å². The van der Waals surface area contributed by atoms with Crippen LogP contribution < -0.4 is 4.74 Å². The normalized spacial score (nSPS) is 12.0. The van der Waals surface area contributed by atoms with Crippen LogP contribution in [0, 0.1) is 0 Å². The van der Waals surface area contributed by atoms with Crippen LogP contribution >= 0.6 is 15.9 Å². The van der Waals surface area contributed by atoms with Crippen molar-refractivity contribution in [1.29, 1.82) is 0 Å². The summed E-state index contributed by atoms with van der Waals surface area (Å²) in [7, 11) is 1.63. The topological polar surface area (TPSA) is 35.5 Å². The molecule has 0 heterocycles. The zero-order valence-electron chi connectivity index (χ0n) is 12.0. The van der Waals surface area contributed by atoms with E-state index in [1.165, 1.54) is 0 Å². The van der Waals surface area contributed by atoms with E-state index in [-0.39, 0.29) is 5.78 Å². The summed E-state index contributed by atoms with van der Waals surface area (Å²) in [5, 5.41) is 0. The summed E-state index contributed by atoms with van der Waals surface area (Å²) in [5.41, 5.74) is 1.66. The highest BCUT2D eigenvalue weighted by Crippen LogP contribution is 2.15. The van der Waals surface area contributed by atoms with Crippen LogP contribution in [0.15, 0.2) is 53.0 Å². The van der Waals surface area contributed by atoms with Gasteiger partial charge < -0.3 is 9.47 Å². The summed E-state index contributed by atoms with van der Waals surface area (Å²) < 4.78 is 11.7. The molecule has 0 aliphatic carbocycles. The molecule has 2 aromatic rings. The van der Waals surface area contributed by atoms with E-state index in [0.29, 0.717) is 12.2 Å². The smallest absolute Gasteiger partial charge is 0.191 e. The molecule has 21 heavy (non-hydrogen) atoms. The lowest BCUT2D eigenvalue weighted by Crippen LogP contribution is -2.20. The summed E-state index contributed by atoms with van der Waals surface area (Å²) in [6.45, 7) is 2.17. The van der Waals surface area contributed by atoms with Crippen molar-refractivity contribution in [2.45, 2.75) is 19.6 Å². The van der Waals surface area contributed by atoms with E-state index in [0.717, 1.165) is 15.8 Å². The lowest BCUT2D eigenvalue weighted by Gasteiger charge is -2.12. The highest BCUT2D eigenvalue weighted by molar-refractivity contribution is 9.10. The number of hydrogen-bond acceptors (Lipinski definition) is 3. The van der Waals surface area contributed by atoms with Gasteiger partial charge in [-0.3, -0.25) is 4.79 Å². The van der Waals surface area contributed by atoms with Gasteiger partial charge in [0.05, 0.1) is 13.7 Å². The molecule has 4 heteroatoms. The van der Waals surface area contributed by atoms with Crippen LogP contribution in [0.2, 0.25) is 0 Å². The van der Waals surface area contributed by atoms with Crippen molar-refractivity contribution in [3.05, 3.63) is 64.1 Å². The van der Waals surface area contributed by atoms with Gasteiger partial charge in [-0.15, -0.1) is 0 Å². The van der Waals surface area contributed by atoms with Gasteiger partial charge in [-0.05, 0) is 36.8 Å². The highest BCUT2D eigenvalue weighted by Gasteiger charge is 2.15. The monoisotopic (exact) mass is 348 g/mol. The van der Waals surface area contributed by atoms with Gasteiger partial charge in [-0.1, -0.05) is 40.2 Å². The Bertz CT molecular complexity index is 590. The van der Waals surface area contributed by atoms with Crippen molar-refractivity contribution in [3.63, 3.8) is 0 Å². The van der Waals surface area contributed by atoms with Gasteiger partial charge >= 0.3 is 0 Å². The zero-order valence-corrected chi connectivity index (χ0v) is 13.6. The first-order valence-electron chi connectivity index (χ1n) is 6.64. The lowest BCUT2D eigenvalue weighted by atomic mass is 10.1. The Balaban J connectivity index is 1.92. The average molecular weight is 349 g/mol. The van der Waals surface area contributed by atoms with Crippen molar-refractivity contribution in [1.82, 2.24) is 0 Å². The quantitative estimate of drug-likeness (QED) is 0.732. The maximum atomic E-state index is 12.2. The fourth-order valence-electron chi connectivity index (χ4n) is 1.87. The first kappa shape index (κ1) is 15.7. The van der Waals surface area contributed by atoms with Crippen LogP contribution in [0.1, 0.15) is 22.8 Å². The summed E-state index contributed by atoms with van der Waals surface area (Å²) in [6, 6.07) is 14.9. The molecule has 0 bridgehead atoms. The Hall–Kier alpha value is -1.65. The Kier molecular flexibility index (Phi) is 5.53. The zero-order chi connectivity index (χ0) is 15.2. The third-order valence-corrected chi connectivity index (χ3v) is 3.69. The second-order valence-electron chi connectivity index (χ2n) is 4.67. The molecule has 1 unspecified atom stereocenters. The summed E-state index contributed by atoms with van der Waals surface area (Å²) in [5.74, 6) is 0.786. The Morgan fingerprint density at radius 2 is 1.71 bits per heavy atom. The van der Waals surface area contributed by atoms with Crippen LogP contribution in [-0.4, -0.2) is 19.0 Å². The molecule has 0 saturated carbocycles. The SMILES string of the molecule is COc1ccc(COC(C)C(=O)c2ccc(Br)cc2)cc1. The highest BCUT2D eigenvalue weighted by atomic mass is 79.9. The molecule has 3 nitrogen and oxygen atoms in total. The minimum Gasteiger partial charge on any atom is -0.497 e. The van der Waals surface area contributed by atoms with E-state index >= 15 is 0 Å². The van der Waals surface area contributed by atoms with Crippen LogP contribution in [0.3, 0.4) is 0 Å². The molecular formula is C17H17BrO3. The third-order valence-electron chi connectivity index (χ3n) is 3.16. The number of ketones is 1. The number of carbonyl (C=O) groups is 1. The molecule has 0 aromatic heterocycles. The van der Waals surface area contributed by atoms with Gasteiger partial charge in [0.15, 0.2) is 5.78 Å². The summed E-state index contributed by atoms with van der Waals surface area (Å²) >= 11 is 3.35. The second-order valence-corrected chi connectivity index (χ2v) is 5.59. The maximum absolute atomic E-state index is 12.2. The molecule has 2 aromatic carbocycles. The predicted octanol–water partition coefficient (Wildman–Crippen LogP) is 4.25. The van der Waals surface area contributed by atoms with Gasteiger partial charge in [-0.2, -0.15) is 0 Å². The van der Waals surface area contributed by atoms with Crippen molar-refractivity contribution in [2.24, 2.45) is 0 Å². The number of halogens is 1. The van der Waals surface area contributed by atoms with Gasteiger partial charge in [0.2, 0.25) is 0 Å². The molecule has 0 fully saturated rings. The Morgan fingerprint density at radius 1 is 1.10 bits per heavy atom. The molecule has 0 spiro atoms. The van der Waals surface area contributed by atoms with Crippen LogP contribution in [0.25, 0.3) is 0 Å². The first-order valence-corrected chi connectivity index (χ1v) is 7.44. The molecule has 0 aliphatic rings. The standard InChI is InChI=1S/C17H17BrO3/c1-12(17(19)14-5-7-15(18)8-6-14)21-11-13-3-9-16(20-2)10-4-13/h3-10,12H,11H2,1-2H3. The van der Waals surface area contributed by atoms with Crippen LogP contribution in [-0.2, 0) is 11.3 Å². The van der Waals surface area contributed by atoms with E-state index in [4.69, 9.17) is 9.47 Å². The van der Waals surface area contributed by atoms with E-state index in [1.807, 2.05) is 36.4 Å². The largest absolute Gasteiger partial charge is 0.497 e. The number of ether oxygens (including phenoxy) is 2. The molecule has 0 aliphatic heterocycles. The fourth-order valence-corrected chi connectivity index (χ4v) is 2.13. The van der Waals surface area contributed by atoms with Gasteiger partial charge in [-0.25, -0.2) is 0 Å². The summed E-state index contributed by atoms with van der Waals surface area (Å²) in [4.78, 5) is 12.2. The Morgan fingerprint density at radius 3 is 2.29 bits per heavy atom. The van der Waals surface area contributed by atoms with Crippen molar-refractivity contribution < 1.29 is 14.3 Å². The number of Topliss-reactive ketones (excluding diaryl/α,β-unsaturated/α-hetero) is 1. The van der Waals surface area contributed by atoms with Gasteiger partial charge in [0.25, 0.3) is 0 Å². The lowest BCUT2D eigenvalue weighted by molar-refractivity contribution is 0.0412. The van der Waals surface area contributed by atoms with Crippen LogP contribution in [0.5, 0.6) is 5.75 Å². The molecule has 0 amide bonds. The number of methoxy groups -OCH3 is 1. The van der Waals surface area contributed by atoms with Gasteiger partial charge in [0.1, 0.15) is 11.9 Å². The minimum absolute atomic E-state index is 0.0176. The van der Waals surface area contributed by atoms with Crippen molar-refractivity contribution in [3.8, 4) is 5.75 Å². The molecule has 110 valence electrons. The van der Waals surface area contributed by atoms with E-state index in [1.54, 1.807) is 26.2 Å².